The zero-order valence-electron chi connectivity index (χ0n) is 19.6. The van der Waals surface area contributed by atoms with Crippen LogP contribution in [0.15, 0.2) is 42.2 Å². The van der Waals surface area contributed by atoms with Crippen molar-refractivity contribution in [2.45, 2.75) is 25.3 Å². The number of benzene rings is 1. The van der Waals surface area contributed by atoms with Gasteiger partial charge in [0.15, 0.2) is 5.13 Å². The summed E-state index contributed by atoms with van der Waals surface area (Å²) in [5.74, 6) is -0.395. The number of rotatable bonds is 8. The van der Waals surface area contributed by atoms with Crippen molar-refractivity contribution in [3.05, 3.63) is 58.4 Å². The molecule has 4 aromatic rings. The number of hydrogen-bond donors (Lipinski definition) is 4. The molecule has 3 amide bonds. The van der Waals surface area contributed by atoms with Crippen LogP contribution in [0.5, 0.6) is 0 Å². The van der Waals surface area contributed by atoms with Crippen LogP contribution in [-0.2, 0) is 6.42 Å². The van der Waals surface area contributed by atoms with E-state index in [-0.39, 0.29) is 23.9 Å². The molecule has 0 bridgehead atoms. The van der Waals surface area contributed by atoms with Gasteiger partial charge in [-0.3, -0.25) is 10.1 Å². The maximum atomic E-state index is 14.4. The van der Waals surface area contributed by atoms with Gasteiger partial charge in [-0.2, -0.15) is 0 Å². The highest BCUT2D eigenvalue weighted by Gasteiger charge is 2.30. The summed E-state index contributed by atoms with van der Waals surface area (Å²) in [6.07, 6.45) is 5.35. The number of urea groups is 1. The molecule has 37 heavy (non-hydrogen) atoms. The van der Waals surface area contributed by atoms with E-state index in [9.17, 15) is 19.1 Å². The van der Waals surface area contributed by atoms with Crippen molar-refractivity contribution in [3.63, 3.8) is 0 Å². The van der Waals surface area contributed by atoms with Gasteiger partial charge in [0.2, 0.25) is 0 Å². The first-order chi connectivity index (χ1) is 18.0. The van der Waals surface area contributed by atoms with E-state index in [4.69, 9.17) is 0 Å². The summed E-state index contributed by atoms with van der Waals surface area (Å²) in [6.45, 7) is 0.929. The van der Waals surface area contributed by atoms with E-state index in [0.29, 0.717) is 31.1 Å². The Balaban J connectivity index is 1.15. The van der Waals surface area contributed by atoms with Crippen molar-refractivity contribution in [3.8, 4) is 0 Å². The highest BCUT2D eigenvalue weighted by Crippen LogP contribution is 2.26. The zero-order valence-corrected chi connectivity index (χ0v) is 21.2. The molecule has 13 heteroatoms. The lowest BCUT2D eigenvalue weighted by molar-refractivity contribution is 0.0673. The van der Waals surface area contributed by atoms with E-state index in [1.807, 2.05) is 11.4 Å². The summed E-state index contributed by atoms with van der Waals surface area (Å²) in [5.41, 5.74) is 1.03. The summed E-state index contributed by atoms with van der Waals surface area (Å²) < 4.78 is 15.4. The molecule has 3 aromatic heterocycles. The first-order valence-electron chi connectivity index (χ1n) is 11.7. The number of carbonyl (C=O) groups is 2. The third kappa shape index (κ3) is 5.68. The lowest BCUT2D eigenvalue weighted by Crippen LogP contribution is -2.38. The number of aromatic nitrogens is 3. The topological polar surface area (TPSA) is 132 Å². The minimum atomic E-state index is -0.681. The molecule has 4 heterocycles. The number of nitrogens with one attached hydrogen (secondary N) is 3. The van der Waals surface area contributed by atoms with Crippen LogP contribution in [-0.4, -0.2) is 62.6 Å². The maximum Gasteiger partial charge on any atom is 0.325 e. The fourth-order valence-corrected chi connectivity index (χ4v) is 5.79. The van der Waals surface area contributed by atoms with Crippen molar-refractivity contribution in [1.29, 1.82) is 0 Å². The molecule has 0 unspecified atom stereocenters. The predicted octanol–water partition coefficient (Wildman–Crippen LogP) is 4.18. The molecule has 1 saturated heterocycles. The second kappa shape index (κ2) is 11.2. The van der Waals surface area contributed by atoms with Crippen molar-refractivity contribution in [2.24, 2.45) is 0 Å². The molecule has 5 rings (SSSR count). The van der Waals surface area contributed by atoms with Gasteiger partial charge in [-0.05, 0) is 42.5 Å². The SMILES string of the molecule is O=C(Nc1ccc(F)c(C(=O)N2CCC[C@H]2CO)c1)Nc1ncc(CCNc2ncnc3ccsc23)s1. The Kier molecular flexibility index (Phi) is 7.53. The van der Waals surface area contributed by atoms with Gasteiger partial charge in [0.05, 0.1) is 28.4 Å². The van der Waals surface area contributed by atoms with Crippen molar-refractivity contribution < 1.29 is 19.1 Å². The van der Waals surface area contributed by atoms with Crippen LogP contribution < -0.4 is 16.0 Å². The monoisotopic (exact) mass is 541 g/mol. The number of aliphatic hydroxyl groups is 1. The van der Waals surface area contributed by atoms with Gasteiger partial charge >= 0.3 is 6.03 Å². The molecule has 0 saturated carbocycles. The number of carbonyl (C=O) groups excluding carboxylic acids is 2. The van der Waals surface area contributed by atoms with Gasteiger partial charge in [-0.25, -0.2) is 24.1 Å². The van der Waals surface area contributed by atoms with E-state index in [0.717, 1.165) is 33.4 Å². The first kappa shape index (κ1) is 25.0. The normalized spacial score (nSPS) is 15.2. The summed E-state index contributed by atoms with van der Waals surface area (Å²) >= 11 is 2.92. The molecule has 1 fully saturated rings. The largest absolute Gasteiger partial charge is 0.394 e. The average molecular weight is 542 g/mol. The molecule has 0 spiro atoms. The highest BCUT2D eigenvalue weighted by atomic mass is 32.1. The van der Waals surface area contributed by atoms with E-state index in [2.05, 4.69) is 30.9 Å². The average Bonchev–Trinajstić information content (AvgIpc) is 3.66. The number of hydrogen-bond acceptors (Lipinski definition) is 9. The van der Waals surface area contributed by atoms with Gasteiger partial charge in [-0.15, -0.1) is 22.7 Å². The van der Waals surface area contributed by atoms with Crippen molar-refractivity contribution in [2.75, 3.05) is 35.6 Å². The molecule has 0 aliphatic carbocycles. The van der Waals surface area contributed by atoms with Gasteiger partial charge in [-0.1, -0.05) is 0 Å². The van der Waals surface area contributed by atoms with Gasteiger partial charge in [0.1, 0.15) is 18.0 Å². The second-order valence-electron chi connectivity index (χ2n) is 8.42. The number of fused-ring (bicyclic) bond motifs is 1. The smallest absolute Gasteiger partial charge is 0.325 e. The van der Waals surface area contributed by atoms with Crippen LogP contribution in [0.1, 0.15) is 28.1 Å². The minimum absolute atomic E-state index is 0.148. The lowest BCUT2D eigenvalue weighted by Gasteiger charge is -2.23. The van der Waals surface area contributed by atoms with Gasteiger partial charge < -0.3 is 20.6 Å². The summed E-state index contributed by atoms with van der Waals surface area (Å²) in [5, 5.41) is 20.5. The molecule has 10 nitrogen and oxygen atoms in total. The molecular weight excluding hydrogens is 517 g/mol. The lowest BCUT2D eigenvalue weighted by atomic mass is 10.1. The Bertz CT molecular complexity index is 1430. The van der Waals surface area contributed by atoms with Crippen LogP contribution in [0.4, 0.5) is 25.8 Å². The number of thiazole rings is 1. The summed E-state index contributed by atoms with van der Waals surface area (Å²) in [7, 11) is 0. The Morgan fingerprint density at radius 3 is 2.95 bits per heavy atom. The molecule has 1 aromatic carbocycles. The van der Waals surface area contributed by atoms with Crippen LogP contribution >= 0.6 is 22.7 Å². The van der Waals surface area contributed by atoms with E-state index in [1.54, 1.807) is 17.5 Å². The number of halogens is 1. The molecule has 1 aliphatic heterocycles. The molecule has 0 radical (unpaired) electrons. The molecule has 1 atom stereocenters. The minimum Gasteiger partial charge on any atom is -0.394 e. The Labute approximate surface area is 219 Å². The Morgan fingerprint density at radius 2 is 2.08 bits per heavy atom. The molecule has 4 N–H and O–H groups in total. The van der Waals surface area contributed by atoms with Gasteiger partial charge in [0, 0.05) is 36.3 Å². The predicted molar refractivity (Wildman–Crippen MR) is 142 cm³/mol. The van der Waals surface area contributed by atoms with E-state index >= 15 is 0 Å². The van der Waals surface area contributed by atoms with Gasteiger partial charge in [0.25, 0.3) is 5.91 Å². The number of aliphatic hydroxyl groups excluding tert-OH is 1. The first-order valence-corrected chi connectivity index (χ1v) is 13.4. The summed E-state index contributed by atoms with van der Waals surface area (Å²) in [4.78, 5) is 40.5. The molecule has 192 valence electrons. The Morgan fingerprint density at radius 1 is 1.19 bits per heavy atom. The fraction of sp³-hybridized carbons (Fsp3) is 0.292. The van der Waals surface area contributed by atoms with Crippen LogP contribution in [0.3, 0.4) is 0 Å². The number of anilines is 3. The second-order valence-corrected chi connectivity index (χ2v) is 10.4. The number of thiophene rings is 1. The number of amides is 3. The molecular formula is C24H24FN7O3S2. The van der Waals surface area contributed by atoms with E-state index in [1.165, 1.54) is 34.7 Å². The summed E-state index contributed by atoms with van der Waals surface area (Å²) in [6, 6.07) is 4.90. The van der Waals surface area contributed by atoms with Crippen LogP contribution in [0, 0.1) is 5.82 Å². The standard InChI is InChI=1S/C24H24FN7O3S2/c25-18-4-3-14(10-17(18)22(34)32-8-1-2-15(32)12-33)30-23(35)31-24-27-11-16(37-24)5-7-26-21-20-19(6-9-36-20)28-13-29-21/h3-4,6,9-11,13,15,33H,1-2,5,7-8,12H2,(H,26,28,29)(H2,27,30,31,35)/t15-/m0/s1. The maximum absolute atomic E-state index is 14.4. The Hall–Kier alpha value is -3.68. The third-order valence-corrected chi connectivity index (χ3v) is 7.87. The molecule has 1 aliphatic rings. The quantitative estimate of drug-likeness (QED) is 0.263. The van der Waals surface area contributed by atoms with E-state index < -0.39 is 17.8 Å². The van der Waals surface area contributed by atoms with Crippen molar-refractivity contribution in [1.82, 2.24) is 19.9 Å². The zero-order chi connectivity index (χ0) is 25.8. The number of nitrogens with zero attached hydrogens (tertiary/aromatic N) is 4. The van der Waals surface area contributed by atoms with Crippen LogP contribution in [0.2, 0.25) is 0 Å². The fourth-order valence-electron chi connectivity index (χ4n) is 4.17. The highest BCUT2D eigenvalue weighted by molar-refractivity contribution is 7.17. The number of likely N-dealkylation sites (tertiary alicyclic amines) is 1. The third-order valence-electron chi connectivity index (χ3n) is 5.98. The van der Waals surface area contributed by atoms with Crippen LogP contribution in [0.25, 0.3) is 10.2 Å². The van der Waals surface area contributed by atoms with Crippen molar-refractivity contribution >= 4 is 61.5 Å².